The van der Waals surface area contributed by atoms with Crippen molar-refractivity contribution in [1.29, 1.82) is 0 Å². The van der Waals surface area contributed by atoms with Crippen molar-refractivity contribution in [3.05, 3.63) is 0 Å². The van der Waals surface area contributed by atoms with Crippen LogP contribution in [0.4, 0.5) is 0 Å². The zero-order chi connectivity index (χ0) is 14.9. The third kappa shape index (κ3) is 5.90. The molecule has 0 aromatic heterocycles. The standard InChI is InChI=1S/C19H37NO/c1-3-14-20-19(9-5-7-18-8-6-15-21-18)17-12-10-16(4-2)11-13-17/h16-20H,3-15H2,1-2H3. The van der Waals surface area contributed by atoms with Gasteiger partial charge in [-0.2, -0.15) is 0 Å². The van der Waals surface area contributed by atoms with E-state index in [1.165, 1.54) is 77.2 Å². The minimum absolute atomic E-state index is 0.577. The zero-order valence-corrected chi connectivity index (χ0v) is 14.4. The molecule has 2 heteroatoms. The summed E-state index contributed by atoms with van der Waals surface area (Å²) in [5.74, 6) is 1.95. The Morgan fingerprint density at radius 2 is 1.90 bits per heavy atom. The lowest BCUT2D eigenvalue weighted by molar-refractivity contribution is 0.0995. The zero-order valence-electron chi connectivity index (χ0n) is 14.4. The fourth-order valence-corrected chi connectivity index (χ4v) is 4.27. The highest BCUT2D eigenvalue weighted by atomic mass is 16.5. The van der Waals surface area contributed by atoms with Crippen LogP contribution in [0.3, 0.4) is 0 Å². The first-order valence-corrected chi connectivity index (χ1v) is 9.68. The monoisotopic (exact) mass is 295 g/mol. The summed E-state index contributed by atoms with van der Waals surface area (Å²) in [7, 11) is 0. The van der Waals surface area contributed by atoms with Gasteiger partial charge in [-0.1, -0.05) is 33.1 Å². The summed E-state index contributed by atoms with van der Waals surface area (Å²) >= 11 is 0. The van der Waals surface area contributed by atoms with E-state index in [2.05, 4.69) is 19.2 Å². The summed E-state index contributed by atoms with van der Waals surface area (Å²) in [4.78, 5) is 0. The number of hydrogen-bond acceptors (Lipinski definition) is 2. The van der Waals surface area contributed by atoms with Crippen molar-refractivity contribution in [3.8, 4) is 0 Å². The second-order valence-corrected chi connectivity index (χ2v) is 7.32. The van der Waals surface area contributed by atoms with E-state index in [1.807, 2.05) is 0 Å². The van der Waals surface area contributed by atoms with E-state index in [9.17, 15) is 0 Å². The van der Waals surface area contributed by atoms with E-state index in [-0.39, 0.29) is 0 Å². The molecule has 0 spiro atoms. The molecule has 0 aromatic carbocycles. The van der Waals surface area contributed by atoms with E-state index >= 15 is 0 Å². The molecule has 0 aromatic rings. The molecule has 1 heterocycles. The Morgan fingerprint density at radius 1 is 1.10 bits per heavy atom. The number of nitrogens with one attached hydrogen (secondary N) is 1. The van der Waals surface area contributed by atoms with Gasteiger partial charge >= 0.3 is 0 Å². The van der Waals surface area contributed by atoms with Gasteiger partial charge in [-0.05, 0) is 69.7 Å². The maximum absolute atomic E-state index is 5.77. The summed E-state index contributed by atoms with van der Waals surface area (Å²) in [6, 6.07) is 0.768. The van der Waals surface area contributed by atoms with Gasteiger partial charge in [-0.15, -0.1) is 0 Å². The lowest BCUT2D eigenvalue weighted by Crippen LogP contribution is -2.38. The molecule has 1 saturated carbocycles. The van der Waals surface area contributed by atoms with E-state index in [4.69, 9.17) is 4.74 Å². The van der Waals surface area contributed by atoms with Crippen molar-refractivity contribution in [2.75, 3.05) is 13.2 Å². The molecule has 0 amide bonds. The second kappa shape index (κ2) is 9.84. The molecule has 124 valence electrons. The van der Waals surface area contributed by atoms with Crippen LogP contribution in [0.15, 0.2) is 0 Å². The van der Waals surface area contributed by atoms with Gasteiger partial charge < -0.3 is 10.1 Å². The van der Waals surface area contributed by atoms with Crippen LogP contribution in [-0.4, -0.2) is 25.3 Å². The summed E-state index contributed by atoms with van der Waals surface area (Å²) in [5, 5.41) is 3.86. The SMILES string of the molecule is CCCNC(CCCC1CCCO1)C1CCC(CC)CC1. The molecule has 1 aliphatic heterocycles. The van der Waals surface area contributed by atoms with Crippen LogP contribution < -0.4 is 5.32 Å². The van der Waals surface area contributed by atoms with Gasteiger partial charge in [0.25, 0.3) is 0 Å². The Hall–Kier alpha value is -0.0800. The van der Waals surface area contributed by atoms with Crippen LogP contribution in [0.2, 0.25) is 0 Å². The third-order valence-electron chi connectivity index (χ3n) is 5.76. The Kier molecular flexibility index (Phi) is 8.10. The quantitative estimate of drug-likeness (QED) is 0.652. The van der Waals surface area contributed by atoms with Gasteiger partial charge in [0.2, 0.25) is 0 Å². The molecular formula is C19H37NO. The average Bonchev–Trinajstić information content (AvgIpc) is 3.04. The predicted molar refractivity (Wildman–Crippen MR) is 90.6 cm³/mol. The summed E-state index contributed by atoms with van der Waals surface area (Å²) in [6.07, 6.45) is 15.7. The fourth-order valence-electron chi connectivity index (χ4n) is 4.27. The molecule has 1 aliphatic carbocycles. The largest absolute Gasteiger partial charge is 0.378 e. The van der Waals surface area contributed by atoms with Crippen LogP contribution >= 0.6 is 0 Å². The minimum Gasteiger partial charge on any atom is -0.378 e. The van der Waals surface area contributed by atoms with Crippen molar-refractivity contribution >= 4 is 0 Å². The molecule has 21 heavy (non-hydrogen) atoms. The molecule has 2 rings (SSSR count). The highest BCUT2D eigenvalue weighted by Gasteiger charge is 2.26. The van der Waals surface area contributed by atoms with Crippen molar-refractivity contribution in [3.63, 3.8) is 0 Å². The molecule has 2 atom stereocenters. The maximum Gasteiger partial charge on any atom is 0.0576 e. The van der Waals surface area contributed by atoms with Gasteiger partial charge in [0.15, 0.2) is 0 Å². The van der Waals surface area contributed by atoms with Crippen LogP contribution in [0.25, 0.3) is 0 Å². The van der Waals surface area contributed by atoms with E-state index in [1.54, 1.807) is 0 Å². The van der Waals surface area contributed by atoms with Gasteiger partial charge in [-0.25, -0.2) is 0 Å². The molecule has 0 bridgehead atoms. The van der Waals surface area contributed by atoms with Gasteiger partial charge in [0, 0.05) is 12.6 Å². The molecule has 2 nitrogen and oxygen atoms in total. The third-order valence-corrected chi connectivity index (χ3v) is 5.76. The molecular weight excluding hydrogens is 258 g/mol. The molecule has 1 N–H and O–H groups in total. The van der Waals surface area contributed by atoms with Gasteiger partial charge in [-0.3, -0.25) is 0 Å². The topological polar surface area (TPSA) is 21.3 Å². The highest BCUT2D eigenvalue weighted by Crippen LogP contribution is 2.34. The van der Waals surface area contributed by atoms with E-state index < -0.39 is 0 Å². The maximum atomic E-state index is 5.77. The fraction of sp³-hybridized carbons (Fsp3) is 1.00. The van der Waals surface area contributed by atoms with E-state index in [0.717, 1.165) is 24.5 Å². The van der Waals surface area contributed by atoms with Crippen molar-refractivity contribution < 1.29 is 4.74 Å². The minimum atomic E-state index is 0.577. The summed E-state index contributed by atoms with van der Waals surface area (Å²) < 4.78 is 5.77. The van der Waals surface area contributed by atoms with Crippen molar-refractivity contribution in [1.82, 2.24) is 5.32 Å². The number of rotatable bonds is 9. The molecule has 0 radical (unpaired) electrons. The van der Waals surface area contributed by atoms with Crippen molar-refractivity contribution in [2.24, 2.45) is 11.8 Å². The van der Waals surface area contributed by atoms with Gasteiger partial charge in [0.05, 0.1) is 6.10 Å². The first kappa shape index (κ1) is 17.3. The lowest BCUT2D eigenvalue weighted by atomic mass is 9.76. The Morgan fingerprint density at radius 3 is 2.52 bits per heavy atom. The van der Waals surface area contributed by atoms with Crippen molar-refractivity contribution in [2.45, 2.75) is 96.6 Å². The molecule has 2 fully saturated rings. The Labute approximate surface area is 132 Å². The highest BCUT2D eigenvalue weighted by molar-refractivity contribution is 4.82. The number of hydrogen-bond donors (Lipinski definition) is 1. The van der Waals surface area contributed by atoms with Gasteiger partial charge in [0.1, 0.15) is 0 Å². The molecule has 1 saturated heterocycles. The average molecular weight is 296 g/mol. The lowest BCUT2D eigenvalue weighted by Gasteiger charge is -2.34. The normalized spacial score (nSPS) is 31.4. The predicted octanol–water partition coefficient (Wildman–Crippen LogP) is 4.92. The Bertz CT molecular complexity index is 254. The summed E-state index contributed by atoms with van der Waals surface area (Å²) in [6.45, 7) is 6.84. The van der Waals surface area contributed by atoms with E-state index in [0.29, 0.717) is 6.10 Å². The van der Waals surface area contributed by atoms with Crippen LogP contribution in [0, 0.1) is 11.8 Å². The first-order chi connectivity index (χ1) is 10.3. The molecule has 2 unspecified atom stereocenters. The first-order valence-electron chi connectivity index (χ1n) is 9.68. The Balaban J connectivity index is 1.71. The van der Waals surface area contributed by atoms with Crippen LogP contribution in [0.5, 0.6) is 0 Å². The summed E-state index contributed by atoms with van der Waals surface area (Å²) in [5.41, 5.74) is 0. The van der Waals surface area contributed by atoms with Crippen LogP contribution in [-0.2, 0) is 4.74 Å². The smallest absolute Gasteiger partial charge is 0.0576 e. The molecule has 2 aliphatic rings. The number of ether oxygens (including phenoxy) is 1. The second-order valence-electron chi connectivity index (χ2n) is 7.32. The van der Waals surface area contributed by atoms with Crippen LogP contribution in [0.1, 0.15) is 84.5 Å².